The Morgan fingerprint density at radius 2 is 1.98 bits per heavy atom. The van der Waals surface area contributed by atoms with Crippen molar-refractivity contribution in [2.75, 3.05) is 45.0 Å². The van der Waals surface area contributed by atoms with Gasteiger partial charge in [-0.1, -0.05) is 0 Å². The van der Waals surface area contributed by atoms with E-state index in [1.165, 1.54) is 12.0 Å². The number of ether oxygens (including phenoxy) is 2. The standard InChI is InChI=1S/C34H38N6O7/c1-38(2)34(44)30-14-20-13-21(9-10-27(20)47-30)37-32(42)26-15-22(19-39(26)3)36-31(41)8-6-12-46-29-17-25-24(16-28(29)45-4)33(43)40-11-5-7-23(40)18-35-25/h9-10,13-19,23,32,37,42H,5-8,11-12H2,1-4H3,(H,36,41)/t23-,32?/m0/s1. The number of aliphatic hydroxyl groups excluding tert-OH is 1. The third kappa shape index (κ3) is 6.66. The van der Waals surface area contributed by atoms with Crippen molar-refractivity contribution in [3.05, 3.63) is 65.7 Å². The van der Waals surface area contributed by atoms with Crippen LogP contribution in [0.3, 0.4) is 0 Å². The smallest absolute Gasteiger partial charge is 0.289 e. The number of hydrogen-bond donors (Lipinski definition) is 3. The number of aliphatic hydroxyl groups is 1. The van der Waals surface area contributed by atoms with Crippen molar-refractivity contribution in [3.63, 3.8) is 0 Å². The minimum Gasteiger partial charge on any atom is -0.493 e. The molecular weight excluding hydrogens is 604 g/mol. The first-order valence-corrected chi connectivity index (χ1v) is 15.5. The first-order chi connectivity index (χ1) is 22.6. The fourth-order valence-electron chi connectivity index (χ4n) is 5.87. The molecule has 4 aromatic rings. The average Bonchev–Trinajstić information content (AvgIpc) is 3.77. The number of nitrogens with zero attached hydrogens (tertiary/aromatic N) is 4. The molecule has 47 heavy (non-hydrogen) atoms. The van der Waals surface area contributed by atoms with E-state index in [1.54, 1.807) is 74.4 Å². The summed E-state index contributed by atoms with van der Waals surface area (Å²) < 4.78 is 18.8. The van der Waals surface area contributed by atoms with Gasteiger partial charge in [-0.3, -0.25) is 19.4 Å². The van der Waals surface area contributed by atoms with Gasteiger partial charge in [0.05, 0.1) is 42.4 Å². The van der Waals surface area contributed by atoms with Crippen LogP contribution in [-0.2, 0) is 11.8 Å². The summed E-state index contributed by atoms with van der Waals surface area (Å²) in [7, 11) is 6.61. The molecule has 2 aromatic carbocycles. The number of aromatic nitrogens is 1. The van der Waals surface area contributed by atoms with Gasteiger partial charge in [0.2, 0.25) is 5.91 Å². The van der Waals surface area contributed by atoms with Crippen LogP contribution in [0.2, 0.25) is 0 Å². The van der Waals surface area contributed by atoms with Gasteiger partial charge in [-0.2, -0.15) is 0 Å². The molecule has 3 N–H and O–H groups in total. The SMILES string of the molecule is COc1cc2c(cc1OCCCC(=O)Nc1cc(C(O)Nc3ccc4oc(C(=O)N(C)C)cc4c3)n(C)c1)N=C[C@@H]1CCCN1C2=O. The molecule has 0 bridgehead atoms. The molecule has 6 rings (SSSR count). The number of aliphatic imine (C=N–C) groups is 1. The van der Waals surface area contributed by atoms with Gasteiger partial charge in [0.25, 0.3) is 11.8 Å². The van der Waals surface area contributed by atoms with Crippen molar-refractivity contribution >= 4 is 52.0 Å². The molecule has 0 aliphatic carbocycles. The number of fused-ring (bicyclic) bond motifs is 3. The molecule has 1 fully saturated rings. The molecule has 0 radical (unpaired) electrons. The molecule has 2 aliphatic rings. The van der Waals surface area contributed by atoms with E-state index in [0.29, 0.717) is 58.4 Å². The number of nitrogens with one attached hydrogen (secondary N) is 2. The second-order valence-corrected chi connectivity index (χ2v) is 11.9. The van der Waals surface area contributed by atoms with Gasteiger partial charge in [-0.15, -0.1) is 0 Å². The summed E-state index contributed by atoms with van der Waals surface area (Å²) in [4.78, 5) is 45.9. The first-order valence-electron chi connectivity index (χ1n) is 15.5. The van der Waals surface area contributed by atoms with E-state index >= 15 is 0 Å². The number of amides is 3. The molecule has 1 saturated heterocycles. The highest BCUT2D eigenvalue weighted by atomic mass is 16.5. The zero-order valence-corrected chi connectivity index (χ0v) is 26.8. The largest absolute Gasteiger partial charge is 0.493 e. The van der Waals surface area contributed by atoms with Crippen LogP contribution < -0.4 is 20.1 Å². The topological polar surface area (TPSA) is 151 Å². The summed E-state index contributed by atoms with van der Waals surface area (Å²) in [5, 5.41) is 17.6. The van der Waals surface area contributed by atoms with E-state index in [1.807, 2.05) is 11.1 Å². The van der Waals surface area contributed by atoms with Gasteiger partial charge in [-0.25, -0.2) is 0 Å². The third-order valence-electron chi connectivity index (χ3n) is 8.31. The van der Waals surface area contributed by atoms with E-state index < -0.39 is 6.23 Å². The Balaban J connectivity index is 1.02. The number of anilines is 2. The maximum Gasteiger partial charge on any atom is 0.289 e. The average molecular weight is 643 g/mol. The van der Waals surface area contributed by atoms with Gasteiger partial charge in [0.1, 0.15) is 5.58 Å². The summed E-state index contributed by atoms with van der Waals surface area (Å²) in [5.41, 5.74) is 3.31. The minimum absolute atomic E-state index is 0.0116. The van der Waals surface area contributed by atoms with Crippen LogP contribution in [-0.4, -0.2) is 83.8 Å². The van der Waals surface area contributed by atoms with E-state index in [4.69, 9.17) is 13.9 Å². The Bertz CT molecular complexity index is 1860. The number of hydrogen-bond acceptors (Lipinski definition) is 9. The fourth-order valence-corrected chi connectivity index (χ4v) is 5.87. The number of rotatable bonds is 11. The quantitative estimate of drug-likeness (QED) is 0.157. The Hall–Kier alpha value is -5.30. The van der Waals surface area contributed by atoms with Crippen LogP contribution >= 0.6 is 0 Å². The lowest BCUT2D eigenvalue weighted by molar-refractivity contribution is -0.116. The summed E-state index contributed by atoms with van der Waals surface area (Å²) in [6, 6.07) is 12.0. The van der Waals surface area contributed by atoms with Gasteiger partial charge in [-0.05, 0) is 55.7 Å². The normalized spacial score (nSPS) is 16.0. The number of benzene rings is 2. The molecule has 2 atom stereocenters. The van der Waals surface area contributed by atoms with E-state index in [2.05, 4.69) is 15.6 Å². The fraction of sp³-hybridized carbons (Fsp3) is 0.353. The van der Waals surface area contributed by atoms with Crippen molar-refractivity contribution in [2.24, 2.45) is 12.0 Å². The minimum atomic E-state index is -1.07. The molecule has 2 aliphatic heterocycles. The van der Waals surface area contributed by atoms with Crippen LogP contribution in [0.5, 0.6) is 11.5 Å². The van der Waals surface area contributed by atoms with Crippen molar-refractivity contribution in [3.8, 4) is 11.5 Å². The van der Waals surface area contributed by atoms with Gasteiger partial charge in [0.15, 0.2) is 23.5 Å². The lowest BCUT2D eigenvalue weighted by Crippen LogP contribution is -2.35. The van der Waals surface area contributed by atoms with E-state index in [-0.39, 0.29) is 42.6 Å². The maximum atomic E-state index is 13.1. The second-order valence-electron chi connectivity index (χ2n) is 11.9. The summed E-state index contributed by atoms with van der Waals surface area (Å²) in [6.07, 6.45) is 4.98. The predicted octanol–water partition coefficient (Wildman–Crippen LogP) is 4.70. The third-order valence-corrected chi connectivity index (χ3v) is 8.31. The van der Waals surface area contributed by atoms with Crippen molar-refractivity contribution < 1.29 is 33.4 Å². The Morgan fingerprint density at radius 1 is 1.15 bits per heavy atom. The first kappa shape index (κ1) is 31.7. The highest BCUT2D eigenvalue weighted by molar-refractivity contribution is 6.03. The van der Waals surface area contributed by atoms with Crippen LogP contribution in [0.15, 0.2) is 58.1 Å². The molecule has 4 heterocycles. The molecule has 1 unspecified atom stereocenters. The number of methoxy groups -OCH3 is 1. The van der Waals surface area contributed by atoms with Crippen LogP contribution in [0.1, 0.15) is 58.5 Å². The number of aryl methyl sites for hydroxylation is 1. The maximum absolute atomic E-state index is 13.1. The number of furan rings is 1. The summed E-state index contributed by atoms with van der Waals surface area (Å²) >= 11 is 0. The molecule has 0 spiro atoms. The Labute approximate surface area is 271 Å². The molecule has 13 heteroatoms. The van der Waals surface area contributed by atoms with Gasteiger partial charge < -0.3 is 44.0 Å². The molecule has 2 aromatic heterocycles. The van der Waals surface area contributed by atoms with Crippen LogP contribution in [0.25, 0.3) is 11.0 Å². The zero-order valence-electron chi connectivity index (χ0n) is 26.8. The summed E-state index contributed by atoms with van der Waals surface area (Å²) in [5.74, 6) is 0.637. The zero-order chi connectivity index (χ0) is 33.2. The molecule has 0 saturated carbocycles. The number of carbonyl (C=O) groups is 3. The van der Waals surface area contributed by atoms with Crippen molar-refractivity contribution in [1.29, 1.82) is 0 Å². The lowest BCUT2D eigenvalue weighted by atomic mass is 10.1. The molecule has 13 nitrogen and oxygen atoms in total. The molecule has 246 valence electrons. The molecule has 3 amide bonds. The summed E-state index contributed by atoms with van der Waals surface area (Å²) in [6.45, 7) is 0.968. The van der Waals surface area contributed by atoms with E-state index in [0.717, 1.165) is 18.2 Å². The number of carbonyl (C=O) groups excluding carboxylic acids is 3. The van der Waals surface area contributed by atoms with Gasteiger partial charge >= 0.3 is 0 Å². The highest BCUT2D eigenvalue weighted by Gasteiger charge is 2.32. The molecular formula is C34H38N6O7. The van der Waals surface area contributed by atoms with Crippen molar-refractivity contribution in [1.82, 2.24) is 14.4 Å². The van der Waals surface area contributed by atoms with Gasteiger partial charge in [0, 0.05) is 63.7 Å². The Morgan fingerprint density at radius 3 is 2.77 bits per heavy atom. The predicted molar refractivity (Wildman–Crippen MR) is 177 cm³/mol. The van der Waals surface area contributed by atoms with Crippen LogP contribution in [0, 0.1) is 0 Å². The van der Waals surface area contributed by atoms with Crippen LogP contribution in [0.4, 0.5) is 17.1 Å². The Kier molecular flexibility index (Phi) is 8.90. The highest BCUT2D eigenvalue weighted by Crippen LogP contribution is 2.38. The lowest BCUT2D eigenvalue weighted by Gasteiger charge is -2.20. The van der Waals surface area contributed by atoms with Crippen molar-refractivity contribution in [2.45, 2.75) is 38.0 Å². The van der Waals surface area contributed by atoms with E-state index in [9.17, 15) is 19.5 Å². The monoisotopic (exact) mass is 642 g/mol. The second kappa shape index (κ2) is 13.2.